The molecule has 3 aromatic heterocycles. The van der Waals surface area contributed by atoms with Gasteiger partial charge in [-0.2, -0.15) is 15.3 Å². The summed E-state index contributed by atoms with van der Waals surface area (Å²) in [4.78, 5) is 0. The fourth-order valence-corrected chi connectivity index (χ4v) is 3.35. The number of aromatic amines is 1. The number of aromatic nitrogens is 7. The molecule has 9 heteroatoms. The van der Waals surface area contributed by atoms with E-state index in [0.717, 1.165) is 52.6 Å². The molecule has 7 nitrogen and oxygen atoms in total. The molecular formula is C15H20BrN7S. The zero-order valence-corrected chi connectivity index (χ0v) is 16.6. The van der Waals surface area contributed by atoms with Crippen molar-refractivity contribution < 1.29 is 0 Å². The van der Waals surface area contributed by atoms with Crippen LogP contribution in [0.5, 0.6) is 0 Å². The van der Waals surface area contributed by atoms with Crippen molar-refractivity contribution in [2.24, 2.45) is 0 Å². The van der Waals surface area contributed by atoms with Crippen LogP contribution in [0.1, 0.15) is 29.8 Å². The molecule has 3 aromatic rings. The zero-order valence-electron chi connectivity index (χ0n) is 14.2. The summed E-state index contributed by atoms with van der Waals surface area (Å²) >= 11 is 8.98. The molecule has 128 valence electrons. The molecule has 0 saturated carbocycles. The van der Waals surface area contributed by atoms with E-state index < -0.39 is 0 Å². The Hall–Kier alpha value is -1.74. The highest BCUT2D eigenvalue weighted by atomic mass is 79.9. The maximum Gasteiger partial charge on any atom is 0.199 e. The molecule has 0 amide bonds. The van der Waals surface area contributed by atoms with Crippen LogP contribution in [0.15, 0.2) is 10.7 Å². The lowest BCUT2D eigenvalue weighted by molar-refractivity contribution is 0.576. The molecule has 0 aliphatic heterocycles. The van der Waals surface area contributed by atoms with Crippen molar-refractivity contribution in [1.29, 1.82) is 0 Å². The van der Waals surface area contributed by atoms with E-state index >= 15 is 0 Å². The van der Waals surface area contributed by atoms with Crippen molar-refractivity contribution in [3.05, 3.63) is 38.3 Å². The first kappa shape index (κ1) is 17.1. The van der Waals surface area contributed by atoms with E-state index in [2.05, 4.69) is 50.2 Å². The van der Waals surface area contributed by atoms with Gasteiger partial charge in [-0.05, 0) is 55.8 Å². The predicted molar refractivity (Wildman–Crippen MR) is 98.0 cm³/mol. The van der Waals surface area contributed by atoms with E-state index in [1.54, 1.807) is 0 Å². The van der Waals surface area contributed by atoms with Gasteiger partial charge in [-0.15, -0.1) is 0 Å². The molecule has 3 rings (SSSR count). The molecule has 0 unspecified atom stereocenters. The molecule has 0 bridgehead atoms. The Morgan fingerprint density at radius 3 is 2.54 bits per heavy atom. The number of hydrogen-bond donors (Lipinski definition) is 1. The SMILES string of the molecule is CCn1ncc(-n2c(CCn3nc(C)c(Br)c3C)n[nH]c2=S)c1C. The highest BCUT2D eigenvalue weighted by molar-refractivity contribution is 9.10. The molecule has 0 spiro atoms. The number of aryl methyl sites for hydroxylation is 4. The second kappa shape index (κ2) is 6.64. The summed E-state index contributed by atoms with van der Waals surface area (Å²) in [5, 5.41) is 16.2. The van der Waals surface area contributed by atoms with Gasteiger partial charge in [-0.3, -0.25) is 19.0 Å². The monoisotopic (exact) mass is 409 g/mol. The second-order valence-corrected chi connectivity index (χ2v) is 6.85. The third-order valence-electron chi connectivity index (χ3n) is 4.20. The number of nitrogens with one attached hydrogen (secondary N) is 1. The van der Waals surface area contributed by atoms with Gasteiger partial charge < -0.3 is 0 Å². The number of H-pyrrole nitrogens is 1. The van der Waals surface area contributed by atoms with E-state index in [0.29, 0.717) is 4.77 Å². The molecule has 0 aromatic carbocycles. The Bertz CT molecular complexity index is 930. The molecular weight excluding hydrogens is 390 g/mol. The van der Waals surface area contributed by atoms with Gasteiger partial charge in [0.2, 0.25) is 0 Å². The van der Waals surface area contributed by atoms with Crippen molar-refractivity contribution in [3.63, 3.8) is 0 Å². The Balaban J connectivity index is 1.91. The molecule has 1 N–H and O–H groups in total. The lowest BCUT2D eigenvalue weighted by Gasteiger charge is -2.08. The number of halogens is 1. The third kappa shape index (κ3) is 2.86. The van der Waals surface area contributed by atoms with Gasteiger partial charge in [-0.1, -0.05) is 0 Å². The van der Waals surface area contributed by atoms with Crippen LogP contribution >= 0.6 is 28.1 Å². The second-order valence-electron chi connectivity index (χ2n) is 5.67. The van der Waals surface area contributed by atoms with Gasteiger partial charge in [0.25, 0.3) is 0 Å². The van der Waals surface area contributed by atoms with E-state index in [4.69, 9.17) is 12.2 Å². The lowest BCUT2D eigenvalue weighted by Crippen LogP contribution is -2.10. The van der Waals surface area contributed by atoms with Crippen LogP contribution in [0.2, 0.25) is 0 Å². The van der Waals surface area contributed by atoms with Crippen LogP contribution in [-0.2, 0) is 19.5 Å². The van der Waals surface area contributed by atoms with Gasteiger partial charge >= 0.3 is 0 Å². The summed E-state index contributed by atoms with van der Waals surface area (Å²) in [6.07, 6.45) is 2.56. The van der Waals surface area contributed by atoms with E-state index in [9.17, 15) is 0 Å². The first-order chi connectivity index (χ1) is 11.4. The van der Waals surface area contributed by atoms with Crippen LogP contribution in [0.4, 0.5) is 0 Å². The van der Waals surface area contributed by atoms with Crippen LogP contribution in [0, 0.1) is 25.5 Å². The Morgan fingerprint density at radius 1 is 1.21 bits per heavy atom. The highest BCUT2D eigenvalue weighted by Crippen LogP contribution is 2.21. The Kier molecular flexibility index (Phi) is 4.73. The fourth-order valence-electron chi connectivity index (χ4n) is 2.82. The standard InChI is InChI=1S/C15H20BrN7S/c1-5-21-10(3)12(8-17-21)23-13(18-19-15(23)24)6-7-22-11(4)14(16)9(2)20-22/h8H,5-7H2,1-4H3,(H,19,24). The average molecular weight is 410 g/mol. The van der Waals surface area contributed by atoms with Gasteiger partial charge in [-0.25, -0.2) is 0 Å². The largest absolute Gasteiger partial charge is 0.269 e. The molecule has 0 radical (unpaired) electrons. The van der Waals surface area contributed by atoms with E-state index in [1.165, 1.54) is 0 Å². The van der Waals surface area contributed by atoms with Crippen LogP contribution in [-0.4, -0.2) is 34.3 Å². The summed E-state index contributed by atoms with van der Waals surface area (Å²) in [6.45, 7) is 9.72. The molecule has 0 atom stereocenters. The number of rotatable bonds is 5. The predicted octanol–water partition coefficient (Wildman–Crippen LogP) is 3.27. The summed E-state index contributed by atoms with van der Waals surface area (Å²) in [6, 6.07) is 0. The number of nitrogens with zero attached hydrogens (tertiary/aromatic N) is 6. The summed E-state index contributed by atoms with van der Waals surface area (Å²) in [5.74, 6) is 0.877. The van der Waals surface area contributed by atoms with E-state index in [-0.39, 0.29) is 0 Å². The van der Waals surface area contributed by atoms with Crippen molar-refractivity contribution in [3.8, 4) is 5.69 Å². The minimum atomic E-state index is 0.582. The normalized spacial score (nSPS) is 11.4. The van der Waals surface area contributed by atoms with Crippen molar-refractivity contribution in [1.82, 2.24) is 34.3 Å². The smallest absolute Gasteiger partial charge is 0.199 e. The zero-order chi connectivity index (χ0) is 17.4. The van der Waals surface area contributed by atoms with Crippen LogP contribution in [0.3, 0.4) is 0 Å². The summed E-state index contributed by atoms with van der Waals surface area (Å²) in [5.41, 5.74) is 4.15. The Morgan fingerprint density at radius 2 is 1.96 bits per heavy atom. The minimum Gasteiger partial charge on any atom is -0.269 e. The van der Waals surface area contributed by atoms with Crippen molar-refractivity contribution >= 4 is 28.1 Å². The molecule has 0 saturated heterocycles. The maximum absolute atomic E-state index is 5.42. The number of hydrogen-bond acceptors (Lipinski definition) is 4. The molecule has 24 heavy (non-hydrogen) atoms. The van der Waals surface area contributed by atoms with Crippen molar-refractivity contribution in [2.75, 3.05) is 0 Å². The average Bonchev–Trinajstić information content (AvgIpc) is 3.18. The molecule has 3 heterocycles. The maximum atomic E-state index is 5.42. The Labute approximate surface area is 153 Å². The van der Waals surface area contributed by atoms with Crippen LogP contribution in [0.25, 0.3) is 5.69 Å². The van der Waals surface area contributed by atoms with E-state index in [1.807, 2.05) is 34.0 Å². The highest BCUT2D eigenvalue weighted by Gasteiger charge is 2.15. The fraction of sp³-hybridized carbons (Fsp3) is 0.467. The minimum absolute atomic E-state index is 0.582. The summed E-state index contributed by atoms with van der Waals surface area (Å²) < 4.78 is 7.54. The summed E-state index contributed by atoms with van der Waals surface area (Å²) in [7, 11) is 0. The quantitative estimate of drug-likeness (QED) is 0.656. The first-order valence-electron chi connectivity index (χ1n) is 7.82. The van der Waals surface area contributed by atoms with Gasteiger partial charge in [0.15, 0.2) is 4.77 Å². The first-order valence-corrected chi connectivity index (χ1v) is 9.02. The van der Waals surface area contributed by atoms with Crippen LogP contribution < -0.4 is 0 Å². The third-order valence-corrected chi connectivity index (χ3v) is 5.62. The van der Waals surface area contributed by atoms with Crippen molar-refractivity contribution in [2.45, 2.75) is 47.2 Å². The van der Waals surface area contributed by atoms with Gasteiger partial charge in [0.05, 0.1) is 27.7 Å². The van der Waals surface area contributed by atoms with Gasteiger partial charge in [0, 0.05) is 25.2 Å². The lowest BCUT2D eigenvalue weighted by atomic mass is 10.3. The molecule has 0 aliphatic carbocycles. The molecule has 0 aliphatic rings. The topological polar surface area (TPSA) is 69.2 Å². The van der Waals surface area contributed by atoms with Gasteiger partial charge in [0.1, 0.15) is 5.82 Å². The molecule has 0 fully saturated rings.